The molecule has 10 heteroatoms. The number of hydrogen-bond donors (Lipinski definition) is 1. The van der Waals surface area contributed by atoms with Crippen molar-refractivity contribution in [3.8, 4) is 0 Å². The van der Waals surface area contributed by atoms with E-state index in [0.717, 1.165) is 52.4 Å². The summed E-state index contributed by atoms with van der Waals surface area (Å²) in [4.78, 5) is 30.9. The van der Waals surface area contributed by atoms with Crippen molar-refractivity contribution >= 4 is 29.2 Å². The number of nitrogen functional groups attached to an aromatic ring is 1. The summed E-state index contributed by atoms with van der Waals surface area (Å²) in [6, 6.07) is 8.17. The SMILES string of the molecule is Nc1nc(N2CCN(c3ccncc3)CC2)nc(N2CCN(c3ccncc3)CC2)n1. The number of pyridine rings is 2. The molecule has 160 valence electrons. The first-order valence-electron chi connectivity index (χ1n) is 10.6. The highest BCUT2D eigenvalue weighted by atomic mass is 15.4. The molecule has 0 saturated carbocycles. The van der Waals surface area contributed by atoms with Gasteiger partial charge in [-0.05, 0) is 24.3 Å². The van der Waals surface area contributed by atoms with Gasteiger partial charge in [0.2, 0.25) is 17.8 Å². The molecule has 0 bridgehead atoms. The van der Waals surface area contributed by atoms with Gasteiger partial charge in [-0.25, -0.2) is 0 Å². The zero-order chi connectivity index (χ0) is 21.0. The van der Waals surface area contributed by atoms with Gasteiger partial charge < -0.3 is 25.3 Å². The maximum absolute atomic E-state index is 6.06. The Morgan fingerprint density at radius 3 is 1.26 bits per heavy atom. The number of nitrogens with two attached hydrogens (primary N) is 1. The highest BCUT2D eigenvalue weighted by Gasteiger charge is 2.24. The lowest BCUT2D eigenvalue weighted by Gasteiger charge is -2.37. The number of piperazine rings is 2. The molecule has 3 aromatic rings. The van der Waals surface area contributed by atoms with E-state index in [-0.39, 0.29) is 5.95 Å². The van der Waals surface area contributed by atoms with Crippen LogP contribution in [0.1, 0.15) is 0 Å². The Hall–Kier alpha value is -3.69. The smallest absolute Gasteiger partial charge is 0.232 e. The molecule has 2 aliphatic rings. The molecule has 31 heavy (non-hydrogen) atoms. The van der Waals surface area contributed by atoms with Gasteiger partial charge in [-0.1, -0.05) is 0 Å². The second-order valence-corrected chi connectivity index (χ2v) is 7.65. The molecule has 0 atom stereocenters. The predicted molar refractivity (Wildman–Crippen MR) is 122 cm³/mol. The van der Waals surface area contributed by atoms with Gasteiger partial charge in [-0.2, -0.15) is 15.0 Å². The fourth-order valence-electron chi connectivity index (χ4n) is 4.09. The van der Waals surface area contributed by atoms with E-state index in [1.165, 1.54) is 11.4 Å². The topological polar surface area (TPSA) is 103 Å². The normalized spacial score (nSPS) is 17.2. The standard InChI is InChI=1S/C21H26N10/c22-19-25-20(30-13-9-28(10-14-30)17-1-5-23-6-2-17)27-21(26-19)31-15-11-29(12-16-31)18-3-7-24-8-4-18/h1-8H,9-16H2,(H2,22,25,26,27). The third-order valence-corrected chi connectivity index (χ3v) is 5.81. The van der Waals surface area contributed by atoms with Crippen LogP contribution in [0.5, 0.6) is 0 Å². The molecule has 2 fully saturated rings. The van der Waals surface area contributed by atoms with E-state index in [4.69, 9.17) is 10.7 Å². The lowest BCUT2D eigenvalue weighted by Crippen LogP contribution is -2.48. The lowest BCUT2D eigenvalue weighted by molar-refractivity contribution is 0.624. The summed E-state index contributed by atoms with van der Waals surface area (Å²) in [5.41, 5.74) is 8.44. The van der Waals surface area contributed by atoms with Crippen LogP contribution in [0, 0.1) is 0 Å². The predicted octanol–water partition coefficient (Wildman–Crippen LogP) is 0.897. The maximum Gasteiger partial charge on any atom is 0.232 e. The second-order valence-electron chi connectivity index (χ2n) is 7.65. The zero-order valence-electron chi connectivity index (χ0n) is 17.4. The van der Waals surface area contributed by atoms with Gasteiger partial charge >= 0.3 is 0 Å². The van der Waals surface area contributed by atoms with Crippen LogP contribution in [-0.2, 0) is 0 Å². The van der Waals surface area contributed by atoms with Crippen molar-refractivity contribution in [1.29, 1.82) is 0 Å². The minimum Gasteiger partial charge on any atom is -0.368 e. The van der Waals surface area contributed by atoms with Crippen molar-refractivity contribution in [2.24, 2.45) is 0 Å². The molecule has 10 nitrogen and oxygen atoms in total. The van der Waals surface area contributed by atoms with Crippen molar-refractivity contribution < 1.29 is 0 Å². The Morgan fingerprint density at radius 2 is 0.871 bits per heavy atom. The summed E-state index contributed by atoms with van der Waals surface area (Å²) in [6.07, 6.45) is 7.31. The molecule has 5 rings (SSSR count). The van der Waals surface area contributed by atoms with E-state index in [1.54, 1.807) is 0 Å². The van der Waals surface area contributed by atoms with Gasteiger partial charge in [0.25, 0.3) is 0 Å². The lowest BCUT2D eigenvalue weighted by atomic mass is 10.2. The number of nitrogens with zero attached hydrogens (tertiary/aromatic N) is 9. The Balaban J connectivity index is 1.24. The fourth-order valence-corrected chi connectivity index (χ4v) is 4.09. The average Bonchev–Trinajstić information content (AvgIpc) is 2.85. The summed E-state index contributed by atoms with van der Waals surface area (Å²) in [5.74, 6) is 1.59. The summed E-state index contributed by atoms with van der Waals surface area (Å²) in [5, 5.41) is 0. The van der Waals surface area contributed by atoms with Gasteiger partial charge in [0.05, 0.1) is 0 Å². The minimum atomic E-state index is 0.271. The minimum absolute atomic E-state index is 0.271. The molecule has 0 unspecified atom stereocenters. The third-order valence-electron chi connectivity index (χ3n) is 5.81. The Labute approximate surface area is 181 Å². The average molecular weight is 419 g/mol. The third kappa shape index (κ3) is 4.27. The molecular formula is C21H26N10. The molecule has 0 radical (unpaired) electrons. The van der Waals surface area contributed by atoms with E-state index in [0.29, 0.717) is 11.9 Å². The molecular weight excluding hydrogens is 392 g/mol. The Kier molecular flexibility index (Phi) is 5.34. The van der Waals surface area contributed by atoms with E-state index in [1.807, 2.05) is 49.1 Å². The van der Waals surface area contributed by atoms with E-state index >= 15 is 0 Å². The number of aromatic nitrogens is 5. The van der Waals surface area contributed by atoms with E-state index in [9.17, 15) is 0 Å². The maximum atomic E-state index is 6.06. The summed E-state index contributed by atoms with van der Waals surface area (Å²) in [6.45, 7) is 6.93. The molecule has 0 spiro atoms. The quantitative estimate of drug-likeness (QED) is 0.657. The fraction of sp³-hybridized carbons (Fsp3) is 0.381. The van der Waals surface area contributed by atoms with Crippen molar-refractivity contribution in [3.05, 3.63) is 49.1 Å². The molecule has 0 amide bonds. The highest BCUT2D eigenvalue weighted by molar-refractivity contribution is 5.50. The second kappa shape index (κ2) is 8.58. The van der Waals surface area contributed by atoms with Crippen LogP contribution < -0.4 is 25.3 Å². The Morgan fingerprint density at radius 1 is 0.516 bits per heavy atom. The summed E-state index contributed by atoms with van der Waals surface area (Å²) >= 11 is 0. The molecule has 0 aromatic carbocycles. The van der Waals surface area contributed by atoms with Crippen LogP contribution >= 0.6 is 0 Å². The zero-order valence-corrected chi connectivity index (χ0v) is 17.4. The summed E-state index contributed by atoms with van der Waals surface area (Å²) in [7, 11) is 0. The van der Waals surface area contributed by atoms with Gasteiger partial charge in [0.1, 0.15) is 0 Å². The van der Waals surface area contributed by atoms with Crippen LogP contribution in [0.15, 0.2) is 49.1 Å². The van der Waals surface area contributed by atoms with Gasteiger partial charge in [-0.3, -0.25) is 9.97 Å². The van der Waals surface area contributed by atoms with Gasteiger partial charge in [0, 0.05) is 88.5 Å². The highest BCUT2D eigenvalue weighted by Crippen LogP contribution is 2.22. The number of anilines is 5. The van der Waals surface area contributed by atoms with Gasteiger partial charge in [0.15, 0.2) is 0 Å². The van der Waals surface area contributed by atoms with Crippen LogP contribution in [0.3, 0.4) is 0 Å². The van der Waals surface area contributed by atoms with Crippen LogP contribution in [0.25, 0.3) is 0 Å². The van der Waals surface area contributed by atoms with Crippen molar-refractivity contribution in [1.82, 2.24) is 24.9 Å². The molecule has 5 heterocycles. The number of hydrogen-bond acceptors (Lipinski definition) is 10. The molecule has 2 saturated heterocycles. The van der Waals surface area contributed by atoms with E-state index < -0.39 is 0 Å². The summed E-state index contributed by atoms with van der Waals surface area (Å²) < 4.78 is 0. The first-order valence-corrected chi connectivity index (χ1v) is 10.6. The first kappa shape index (κ1) is 19.3. The first-order chi connectivity index (χ1) is 15.3. The molecule has 2 N–H and O–H groups in total. The van der Waals surface area contributed by atoms with Crippen molar-refractivity contribution in [2.45, 2.75) is 0 Å². The monoisotopic (exact) mass is 418 g/mol. The van der Waals surface area contributed by atoms with Gasteiger partial charge in [-0.15, -0.1) is 0 Å². The Bertz CT molecular complexity index is 906. The van der Waals surface area contributed by atoms with Crippen LogP contribution in [-0.4, -0.2) is 77.3 Å². The number of rotatable bonds is 4. The van der Waals surface area contributed by atoms with Crippen molar-refractivity contribution in [3.63, 3.8) is 0 Å². The van der Waals surface area contributed by atoms with Crippen LogP contribution in [0.4, 0.5) is 29.2 Å². The van der Waals surface area contributed by atoms with Crippen LogP contribution in [0.2, 0.25) is 0 Å². The van der Waals surface area contributed by atoms with Crippen molar-refractivity contribution in [2.75, 3.05) is 77.7 Å². The van der Waals surface area contributed by atoms with E-state index in [2.05, 4.69) is 39.5 Å². The largest absolute Gasteiger partial charge is 0.368 e. The molecule has 3 aromatic heterocycles. The molecule has 0 aliphatic carbocycles. The molecule has 2 aliphatic heterocycles.